The van der Waals surface area contributed by atoms with Gasteiger partial charge in [0.25, 0.3) is 5.91 Å². The Morgan fingerprint density at radius 2 is 1.89 bits per heavy atom. The van der Waals surface area contributed by atoms with Crippen molar-refractivity contribution in [3.63, 3.8) is 0 Å². The number of hydrogen-bond donors (Lipinski definition) is 2. The molecule has 1 aromatic carbocycles. The molecule has 3 rings (SSSR count). The third-order valence-corrected chi connectivity index (χ3v) is 7.00. The number of aromatic nitrogens is 1. The van der Waals surface area contributed by atoms with Crippen LogP contribution in [0, 0.1) is 22.5 Å². The highest BCUT2D eigenvalue weighted by Gasteiger charge is 2.38. The number of nitrogens with one attached hydrogen (secondary N) is 2. The van der Waals surface area contributed by atoms with Crippen LogP contribution in [0.15, 0.2) is 29.2 Å². The maximum absolute atomic E-state index is 14.0. The number of ether oxygens (including phenoxy) is 1. The average Bonchev–Trinajstić information content (AvgIpc) is 2.83. The Morgan fingerprint density at radius 3 is 2.50 bits per heavy atom. The topological polar surface area (TPSA) is 102 Å². The summed E-state index contributed by atoms with van der Waals surface area (Å²) in [6.07, 6.45) is 4.78. The van der Waals surface area contributed by atoms with E-state index in [1.807, 2.05) is 19.0 Å². The normalized spacial score (nSPS) is 15.2. The lowest BCUT2D eigenvalue weighted by molar-refractivity contribution is 0.0576. The van der Waals surface area contributed by atoms with E-state index in [0.717, 1.165) is 37.8 Å². The Bertz CT molecular complexity index is 1230. The van der Waals surface area contributed by atoms with Crippen LogP contribution in [0.1, 0.15) is 61.1 Å². The van der Waals surface area contributed by atoms with E-state index in [1.165, 1.54) is 19.4 Å². The number of rotatable bonds is 9. The SMILES string of the molecule is CCCCCC1N(CC)C(=O)c2c(OC)c(=O)c(C(=N)SC(=N)Cc3ccc(F)cc3F)cn2N1C. The second-order valence-electron chi connectivity index (χ2n) is 8.51. The van der Waals surface area contributed by atoms with Crippen LogP contribution in [0.3, 0.4) is 0 Å². The fourth-order valence-electron chi connectivity index (χ4n) is 4.32. The van der Waals surface area contributed by atoms with Gasteiger partial charge in [-0.05, 0) is 31.4 Å². The maximum Gasteiger partial charge on any atom is 0.278 e. The second-order valence-corrected chi connectivity index (χ2v) is 9.61. The van der Waals surface area contributed by atoms with Crippen LogP contribution in [0.4, 0.5) is 8.78 Å². The molecule has 1 unspecified atom stereocenters. The van der Waals surface area contributed by atoms with E-state index in [0.29, 0.717) is 18.3 Å². The summed E-state index contributed by atoms with van der Waals surface area (Å²) in [6.45, 7) is 4.45. The van der Waals surface area contributed by atoms with Crippen LogP contribution >= 0.6 is 11.8 Å². The first-order chi connectivity index (χ1) is 17.1. The van der Waals surface area contributed by atoms with Gasteiger partial charge in [-0.3, -0.25) is 30.1 Å². The monoisotopic (exact) mass is 519 g/mol. The summed E-state index contributed by atoms with van der Waals surface area (Å²) in [4.78, 5) is 28.3. The summed E-state index contributed by atoms with van der Waals surface area (Å²) < 4.78 is 34.1. The molecular formula is C25H31F2N5O3S. The van der Waals surface area contributed by atoms with E-state index in [1.54, 1.807) is 9.58 Å². The number of carbonyl (C=O) groups excluding carboxylic acids is 1. The zero-order chi connectivity index (χ0) is 26.6. The molecule has 0 saturated heterocycles. The molecule has 0 aliphatic carbocycles. The minimum atomic E-state index is -0.780. The van der Waals surface area contributed by atoms with Gasteiger partial charge in [-0.15, -0.1) is 0 Å². The van der Waals surface area contributed by atoms with Crippen LogP contribution < -0.4 is 15.2 Å². The van der Waals surface area contributed by atoms with E-state index in [-0.39, 0.29) is 51.2 Å². The highest BCUT2D eigenvalue weighted by Crippen LogP contribution is 2.28. The molecule has 2 aromatic rings. The van der Waals surface area contributed by atoms with Crippen molar-refractivity contribution in [2.75, 3.05) is 25.7 Å². The smallest absolute Gasteiger partial charge is 0.278 e. The lowest BCUT2D eigenvalue weighted by Gasteiger charge is -2.45. The van der Waals surface area contributed by atoms with Crippen molar-refractivity contribution in [3.8, 4) is 5.75 Å². The van der Waals surface area contributed by atoms with Gasteiger partial charge in [0, 0.05) is 32.3 Å². The number of benzene rings is 1. The van der Waals surface area contributed by atoms with Crippen molar-refractivity contribution in [1.82, 2.24) is 9.58 Å². The Morgan fingerprint density at radius 1 is 1.17 bits per heavy atom. The molecule has 2 heterocycles. The molecule has 2 N–H and O–H groups in total. The van der Waals surface area contributed by atoms with Crippen molar-refractivity contribution >= 4 is 27.8 Å². The summed E-state index contributed by atoms with van der Waals surface area (Å²) in [7, 11) is 3.12. The van der Waals surface area contributed by atoms with Gasteiger partial charge in [-0.2, -0.15) is 0 Å². The fourth-order valence-corrected chi connectivity index (χ4v) is 5.05. The second kappa shape index (κ2) is 11.7. The maximum atomic E-state index is 14.0. The number of amides is 1. The van der Waals surface area contributed by atoms with Crippen LogP contribution in [0.25, 0.3) is 0 Å². The van der Waals surface area contributed by atoms with E-state index in [9.17, 15) is 18.4 Å². The minimum absolute atomic E-state index is 0.0400. The van der Waals surface area contributed by atoms with Gasteiger partial charge in [-0.25, -0.2) is 8.78 Å². The summed E-state index contributed by atoms with van der Waals surface area (Å²) in [5, 5.41) is 18.3. The molecule has 1 aliphatic rings. The molecule has 0 bridgehead atoms. The number of hydrogen-bond acceptors (Lipinski definition) is 7. The van der Waals surface area contributed by atoms with Gasteiger partial charge in [0.05, 0.1) is 17.7 Å². The molecule has 0 saturated carbocycles. The molecule has 194 valence electrons. The van der Waals surface area contributed by atoms with Crippen LogP contribution in [0.2, 0.25) is 0 Å². The highest BCUT2D eigenvalue weighted by atomic mass is 32.2. The number of unbranched alkanes of at least 4 members (excludes halogenated alkanes) is 2. The van der Waals surface area contributed by atoms with Gasteiger partial charge in [0.2, 0.25) is 5.43 Å². The van der Waals surface area contributed by atoms with E-state index >= 15 is 0 Å². The van der Waals surface area contributed by atoms with Crippen LogP contribution in [0.5, 0.6) is 5.75 Å². The largest absolute Gasteiger partial charge is 0.491 e. The van der Waals surface area contributed by atoms with Crippen molar-refractivity contribution in [3.05, 3.63) is 63.1 Å². The third-order valence-electron chi connectivity index (χ3n) is 6.19. The van der Waals surface area contributed by atoms with Gasteiger partial charge < -0.3 is 9.64 Å². The zero-order valence-corrected chi connectivity index (χ0v) is 21.7. The average molecular weight is 520 g/mol. The number of pyridine rings is 1. The number of nitrogens with zero attached hydrogens (tertiary/aromatic N) is 3. The summed E-state index contributed by atoms with van der Waals surface area (Å²) in [5.74, 6) is -1.99. The van der Waals surface area contributed by atoms with Gasteiger partial charge in [-0.1, -0.05) is 37.6 Å². The molecule has 0 spiro atoms. The number of carbonyl (C=O) groups is 1. The number of methoxy groups -OCH3 is 1. The lowest BCUT2D eigenvalue weighted by Crippen LogP contribution is -2.60. The molecule has 0 fully saturated rings. The van der Waals surface area contributed by atoms with E-state index in [4.69, 9.17) is 15.6 Å². The standard InChI is InChI=1S/C25H31F2N5O3S/c1-5-7-8-9-20-30(3)32-14-17(22(33)23(35-4)21(32)25(34)31(20)6-2)24(29)36-19(28)12-15-10-11-16(26)13-18(15)27/h10-11,13-14,20,28-29H,5-9,12H2,1-4H3. The van der Waals surface area contributed by atoms with Gasteiger partial charge >= 0.3 is 0 Å². The first kappa shape index (κ1) is 27.4. The Balaban J connectivity index is 1.95. The summed E-state index contributed by atoms with van der Waals surface area (Å²) >= 11 is 0.693. The minimum Gasteiger partial charge on any atom is -0.491 e. The Labute approximate surface area is 213 Å². The molecule has 0 radical (unpaired) electrons. The molecule has 11 heteroatoms. The summed E-state index contributed by atoms with van der Waals surface area (Å²) in [5.41, 5.74) is -0.476. The van der Waals surface area contributed by atoms with Crippen LogP contribution in [-0.4, -0.2) is 52.4 Å². The molecule has 1 amide bonds. The predicted octanol–water partition coefficient (Wildman–Crippen LogP) is 4.36. The molecule has 36 heavy (non-hydrogen) atoms. The number of thioether (sulfide) groups is 1. The van der Waals surface area contributed by atoms with Crippen LogP contribution in [-0.2, 0) is 6.42 Å². The van der Waals surface area contributed by atoms with Crippen molar-refractivity contribution < 1.29 is 18.3 Å². The molecule has 1 aliphatic heterocycles. The van der Waals surface area contributed by atoms with E-state index in [2.05, 4.69) is 6.92 Å². The Hall–Kier alpha value is -3.21. The quantitative estimate of drug-likeness (QED) is 0.291. The third kappa shape index (κ3) is 5.45. The zero-order valence-electron chi connectivity index (χ0n) is 20.9. The summed E-state index contributed by atoms with van der Waals surface area (Å²) in [6, 6.07) is 3.09. The number of fused-ring (bicyclic) bond motifs is 1. The molecule has 8 nitrogen and oxygen atoms in total. The van der Waals surface area contributed by atoms with Crippen molar-refractivity contribution in [1.29, 1.82) is 10.8 Å². The first-order valence-electron chi connectivity index (χ1n) is 11.8. The highest BCUT2D eigenvalue weighted by molar-refractivity contribution is 8.26. The van der Waals surface area contributed by atoms with Crippen molar-refractivity contribution in [2.45, 2.75) is 52.1 Å². The molecule has 1 atom stereocenters. The first-order valence-corrected chi connectivity index (χ1v) is 12.6. The predicted molar refractivity (Wildman–Crippen MR) is 138 cm³/mol. The lowest BCUT2D eigenvalue weighted by atomic mass is 10.1. The molecular weight excluding hydrogens is 488 g/mol. The van der Waals surface area contributed by atoms with E-state index < -0.39 is 17.1 Å². The van der Waals surface area contributed by atoms with Gasteiger partial charge in [0.15, 0.2) is 11.4 Å². The number of halogens is 2. The fraction of sp³-hybridized carbons (Fsp3) is 0.440. The van der Waals surface area contributed by atoms with Crippen molar-refractivity contribution in [2.24, 2.45) is 0 Å². The Kier molecular flexibility index (Phi) is 8.89. The molecule has 1 aromatic heterocycles. The van der Waals surface area contributed by atoms with Gasteiger partial charge in [0.1, 0.15) is 22.8 Å².